The molecule has 10 heteroatoms. The Kier molecular flexibility index (Phi) is 6.54. The zero-order chi connectivity index (χ0) is 16.1. The van der Waals surface area contributed by atoms with E-state index in [9.17, 15) is 16.8 Å². The van der Waals surface area contributed by atoms with Crippen molar-refractivity contribution in [3.05, 3.63) is 23.5 Å². The summed E-state index contributed by atoms with van der Waals surface area (Å²) < 4.78 is 50.4. The van der Waals surface area contributed by atoms with E-state index in [0.717, 1.165) is 6.26 Å². The van der Waals surface area contributed by atoms with E-state index in [0.29, 0.717) is 13.0 Å². The van der Waals surface area contributed by atoms with Crippen molar-refractivity contribution in [3.8, 4) is 0 Å². The number of nitrogens with one attached hydrogen (secondary N) is 1. The van der Waals surface area contributed by atoms with Gasteiger partial charge in [0.1, 0.15) is 5.15 Å². The summed E-state index contributed by atoms with van der Waals surface area (Å²) in [5.41, 5.74) is 0. The second kappa shape index (κ2) is 7.50. The van der Waals surface area contributed by atoms with Crippen LogP contribution in [-0.4, -0.2) is 52.0 Å². The highest BCUT2D eigenvalue weighted by atomic mass is 35.5. The highest BCUT2D eigenvalue weighted by Crippen LogP contribution is 2.12. The van der Waals surface area contributed by atoms with Crippen molar-refractivity contribution in [2.24, 2.45) is 0 Å². The number of hydrogen-bond donors (Lipinski definition) is 1. The zero-order valence-electron chi connectivity index (χ0n) is 11.8. The van der Waals surface area contributed by atoms with Crippen LogP contribution in [-0.2, 0) is 20.0 Å². The lowest BCUT2D eigenvalue weighted by atomic mass is 10.4. The molecule has 0 atom stereocenters. The van der Waals surface area contributed by atoms with Crippen molar-refractivity contribution in [2.45, 2.75) is 18.2 Å². The Morgan fingerprint density at radius 1 is 1.33 bits per heavy atom. The van der Waals surface area contributed by atoms with Gasteiger partial charge in [0.25, 0.3) is 0 Å². The average Bonchev–Trinajstić information content (AvgIpc) is 2.37. The molecule has 1 aromatic rings. The fourth-order valence-corrected chi connectivity index (χ4v) is 3.91. The van der Waals surface area contributed by atoms with Crippen LogP contribution in [0.5, 0.6) is 0 Å². The average molecular weight is 356 g/mol. The second-order valence-electron chi connectivity index (χ2n) is 4.32. The molecule has 0 saturated heterocycles. The van der Waals surface area contributed by atoms with Gasteiger partial charge >= 0.3 is 0 Å². The van der Waals surface area contributed by atoms with Crippen molar-refractivity contribution in [3.63, 3.8) is 0 Å². The van der Waals surface area contributed by atoms with Crippen LogP contribution in [0.3, 0.4) is 0 Å². The van der Waals surface area contributed by atoms with Gasteiger partial charge in [-0.1, -0.05) is 18.5 Å². The van der Waals surface area contributed by atoms with Crippen molar-refractivity contribution in [1.29, 1.82) is 0 Å². The van der Waals surface area contributed by atoms with Crippen LogP contribution in [0.25, 0.3) is 0 Å². The summed E-state index contributed by atoms with van der Waals surface area (Å²) in [6.07, 6.45) is 2.80. The first-order chi connectivity index (χ1) is 9.66. The van der Waals surface area contributed by atoms with E-state index in [4.69, 9.17) is 11.6 Å². The van der Waals surface area contributed by atoms with Crippen LogP contribution in [0.1, 0.15) is 13.3 Å². The molecule has 1 rings (SSSR count). The van der Waals surface area contributed by atoms with Crippen molar-refractivity contribution in [2.75, 3.05) is 25.9 Å². The van der Waals surface area contributed by atoms with Crippen LogP contribution in [0.4, 0.5) is 0 Å². The molecule has 1 heterocycles. The Balaban J connectivity index is 2.56. The van der Waals surface area contributed by atoms with Crippen molar-refractivity contribution >= 4 is 31.6 Å². The predicted molar refractivity (Wildman–Crippen MR) is 81.1 cm³/mol. The predicted octanol–water partition coefficient (Wildman–Crippen LogP) is 0.685. The molecule has 1 aromatic heterocycles. The Labute approximate surface area is 130 Å². The van der Waals surface area contributed by atoms with Gasteiger partial charge in [0.05, 0.1) is 11.2 Å². The van der Waals surface area contributed by atoms with Gasteiger partial charge in [0.15, 0.2) is 0 Å². The van der Waals surface area contributed by atoms with Gasteiger partial charge in [-0.05, 0) is 18.6 Å². The lowest BCUT2D eigenvalue weighted by Gasteiger charge is -2.17. The molecule has 0 fully saturated rings. The number of halogens is 1. The molecular weight excluding hydrogens is 338 g/mol. The molecule has 0 saturated carbocycles. The van der Waals surface area contributed by atoms with Gasteiger partial charge in [-0.3, -0.25) is 0 Å². The smallest absolute Gasteiger partial charge is 0.240 e. The minimum Gasteiger partial charge on any atom is -0.244 e. The highest BCUT2D eigenvalue weighted by molar-refractivity contribution is 7.89. The largest absolute Gasteiger partial charge is 0.244 e. The Bertz CT molecular complexity index is 676. The number of pyridine rings is 1. The van der Waals surface area contributed by atoms with Crippen molar-refractivity contribution < 1.29 is 16.8 Å². The third-order valence-corrected chi connectivity index (χ3v) is 5.75. The van der Waals surface area contributed by atoms with Gasteiger partial charge < -0.3 is 0 Å². The second-order valence-corrected chi connectivity index (χ2v) is 8.46. The molecule has 0 aliphatic rings. The number of hydrogen-bond acceptors (Lipinski definition) is 5. The summed E-state index contributed by atoms with van der Waals surface area (Å²) in [5.74, 6) is 0. The van der Waals surface area contributed by atoms with Gasteiger partial charge in [0, 0.05) is 25.8 Å². The minimum atomic E-state index is -3.67. The minimum absolute atomic E-state index is 0.0259. The molecule has 0 unspecified atom stereocenters. The highest BCUT2D eigenvalue weighted by Gasteiger charge is 2.16. The molecule has 0 spiro atoms. The molecular formula is C11H18ClN3O4S2. The standard InChI is InChI=1S/C11H18ClN3O4S2/c1-3-15(20(2,16)17)8-4-6-14-21(18,19)10-5-7-13-11(12)9-10/h5,7,9,14H,3-4,6,8H2,1-2H3. The SMILES string of the molecule is CCN(CCCNS(=O)(=O)c1ccnc(Cl)c1)S(C)(=O)=O. The maximum absolute atomic E-state index is 12.0. The maximum atomic E-state index is 12.0. The quantitative estimate of drug-likeness (QED) is 0.546. The van der Waals surface area contributed by atoms with Crippen LogP contribution >= 0.6 is 11.6 Å². The molecule has 7 nitrogen and oxygen atoms in total. The normalized spacial score (nSPS) is 12.8. The molecule has 1 N–H and O–H groups in total. The van der Waals surface area contributed by atoms with E-state index >= 15 is 0 Å². The summed E-state index contributed by atoms with van der Waals surface area (Å²) in [5, 5.41) is 0.0899. The molecule has 0 radical (unpaired) electrons. The van der Waals surface area contributed by atoms with Crippen LogP contribution in [0.2, 0.25) is 5.15 Å². The Morgan fingerprint density at radius 2 is 2.00 bits per heavy atom. The molecule has 0 aliphatic heterocycles. The number of aromatic nitrogens is 1. The van der Waals surface area contributed by atoms with Gasteiger partial charge in [0.2, 0.25) is 20.0 Å². The summed E-state index contributed by atoms with van der Waals surface area (Å²) in [6, 6.07) is 2.59. The summed E-state index contributed by atoms with van der Waals surface area (Å²) >= 11 is 5.65. The van der Waals surface area contributed by atoms with E-state index in [1.54, 1.807) is 6.92 Å². The number of sulfonamides is 2. The van der Waals surface area contributed by atoms with Gasteiger partial charge in [-0.15, -0.1) is 0 Å². The van der Waals surface area contributed by atoms with E-state index in [2.05, 4.69) is 9.71 Å². The van der Waals surface area contributed by atoms with E-state index in [1.165, 1.54) is 22.6 Å². The topological polar surface area (TPSA) is 96.4 Å². The maximum Gasteiger partial charge on any atom is 0.240 e. The number of nitrogens with zero attached hydrogens (tertiary/aromatic N) is 2. The molecule has 0 aliphatic carbocycles. The molecule has 21 heavy (non-hydrogen) atoms. The van der Waals surface area contributed by atoms with Crippen LogP contribution in [0, 0.1) is 0 Å². The van der Waals surface area contributed by atoms with Crippen LogP contribution in [0.15, 0.2) is 23.2 Å². The molecule has 0 aromatic carbocycles. The Hall–Kier alpha value is -0.740. The first-order valence-electron chi connectivity index (χ1n) is 6.23. The summed E-state index contributed by atoms with van der Waals surface area (Å²) in [6.45, 7) is 2.47. The Morgan fingerprint density at radius 3 is 2.52 bits per heavy atom. The fraction of sp³-hybridized carbons (Fsp3) is 0.545. The van der Waals surface area contributed by atoms with Crippen molar-refractivity contribution in [1.82, 2.24) is 14.0 Å². The lowest BCUT2D eigenvalue weighted by Crippen LogP contribution is -2.33. The molecule has 120 valence electrons. The fourth-order valence-electron chi connectivity index (χ4n) is 1.66. The lowest BCUT2D eigenvalue weighted by molar-refractivity contribution is 0.424. The zero-order valence-corrected chi connectivity index (χ0v) is 14.2. The third-order valence-electron chi connectivity index (χ3n) is 2.71. The van der Waals surface area contributed by atoms with Gasteiger partial charge in [-0.25, -0.2) is 30.8 Å². The third kappa shape index (κ3) is 5.87. The first-order valence-corrected chi connectivity index (χ1v) is 9.94. The van der Waals surface area contributed by atoms with E-state index in [-0.39, 0.29) is 23.1 Å². The van der Waals surface area contributed by atoms with E-state index < -0.39 is 20.0 Å². The summed E-state index contributed by atoms with van der Waals surface area (Å²) in [4.78, 5) is 3.74. The number of rotatable bonds is 8. The summed E-state index contributed by atoms with van der Waals surface area (Å²) in [7, 11) is -6.92. The van der Waals surface area contributed by atoms with E-state index in [1.807, 2.05) is 0 Å². The molecule has 0 bridgehead atoms. The molecule has 0 amide bonds. The van der Waals surface area contributed by atoms with Gasteiger partial charge in [-0.2, -0.15) is 0 Å². The van der Waals surface area contributed by atoms with Crippen LogP contribution < -0.4 is 4.72 Å². The first kappa shape index (κ1) is 18.3. The monoisotopic (exact) mass is 355 g/mol.